The monoisotopic (exact) mass is 321 g/mol. The first-order valence-electron chi connectivity index (χ1n) is 7.90. The van der Waals surface area contributed by atoms with Crippen LogP contribution in [-0.2, 0) is 19.1 Å². The third kappa shape index (κ3) is 5.33. The number of carboxylic acid groups (broad SMARTS) is 1. The standard InChI is InChI=1S/C17H23NO5/c1-12(13-6-3-2-4-7-13)22-11-5-10-18-16(19)14-8-9-15(23-14)17(20)21/h2-4,6-7,12,14-15H,5,8-11H2,1H3,(H,18,19)(H,20,21)/t12?,14-,15+/m0/s1. The maximum Gasteiger partial charge on any atom is 0.332 e. The molecule has 1 aromatic carbocycles. The highest BCUT2D eigenvalue weighted by molar-refractivity contribution is 5.82. The Labute approximate surface area is 135 Å². The molecule has 1 amide bonds. The van der Waals surface area contributed by atoms with Crippen molar-refractivity contribution in [2.75, 3.05) is 13.2 Å². The number of nitrogens with one attached hydrogen (secondary N) is 1. The van der Waals surface area contributed by atoms with E-state index in [1.165, 1.54) is 0 Å². The van der Waals surface area contributed by atoms with E-state index in [0.717, 1.165) is 5.56 Å². The number of carbonyl (C=O) groups excluding carboxylic acids is 1. The number of ether oxygens (including phenoxy) is 2. The molecule has 126 valence electrons. The zero-order valence-corrected chi connectivity index (χ0v) is 13.2. The number of benzene rings is 1. The molecule has 2 N–H and O–H groups in total. The summed E-state index contributed by atoms with van der Waals surface area (Å²) in [5, 5.41) is 11.6. The predicted molar refractivity (Wildman–Crippen MR) is 84.0 cm³/mol. The number of rotatable bonds is 8. The molecule has 1 saturated heterocycles. The smallest absolute Gasteiger partial charge is 0.332 e. The fraction of sp³-hybridized carbons (Fsp3) is 0.529. The van der Waals surface area contributed by atoms with Crippen molar-refractivity contribution in [3.05, 3.63) is 35.9 Å². The Morgan fingerprint density at radius 2 is 2.00 bits per heavy atom. The van der Waals surface area contributed by atoms with E-state index in [4.69, 9.17) is 14.6 Å². The van der Waals surface area contributed by atoms with Crippen LogP contribution >= 0.6 is 0 Å². The van der Waals surface area contributed by atoms with Crippen molar-refractivity contribution in [1.29, 1.82) is 0 Å². The van der Waals surface area contributed by atoms with Gasteiger partial charge >= 0.3 is 5.97 Å². The summed E-state index contributed by atoms with van der Waals surface area (Å²) in [6.45, 7) is 3.02. The molecule has 23 heavy (non-hydrogen) atoms. The second kappa shape index (κ2) is 8.64. The number of hydrogen-bond donors (Lipinski definition) is 2. The van der Waals surface area contributed by atoms with Crippen LogP contribution in [0.15, 0.2) is 30.3 Å². The summed E-state index contributed by atoms with van der Waals surface area (Å²) >= 11 is 0. The van der Waals surface area contributed by atoms with Gasteiger partial charge in [0.05, 0.1) is 6.10 Å². The van der Waals surface area contributed by atoms with Crippen molar-refractivity contribution >= 4 is 11.9 Å². The number of hydrogen-bond acceptors (Lipinski definition) is 4. The van der Waals surface area contributed by atoms with Crippen LogP contribution in [0.2, 0.25) is 0 Å². The lowest BCUT2D eigenvalue weighted by molar-refractivity contribution is -0.151. The summed E-state index contributed by atoms with van der Waals surface area (Å²) in [7, 11) is 0. The number of carboxylic acids is 1. The van der Waals surface area contributed by atoms with Gasteiger partial charge in [0.1, 0.15) is 6.10 Å². The maximum atomic E-state index is 11.9. The average Bonchev–Trinajstić information content (AvgIpc) is 3.05. The maximum absolute atomic E-state index is 11.9. The summed E-state index contributed by atoms with van der Waals surface area (Å²) in [6.07, 6.45) is 0.0236. The second-order valence-corrected chi connectivity index (χ2v) is 5.60. The molecule has 1 aliphatic heterocycles. The van der Waals surface area contributed by atoms with E-state index in [2.05, 4.69) is 5.32 Å². The predicted octanol–water partition coefficient (Wildman–Crippen LogP) is 1.90. The Morgan fingerprint density at radius 1 is 1.30 bits per heavy atom. The van der Waals surface area contributed by atoms with E-state index in [0.29, 0.717) is 32.4 Å². The summed E-state index contributed by atoms with van der Waals surface area (Å²) in [5.74, 6) is -1.26. The topological polar surface area (TPSA) is 84.9 Å². The van der Waals surface area contributed by atoms with Crippen molar-refractivity contribution in [2.24, 2.45) is 0 Å². The van der Waals surface area contributed by atoms with Crippen LogP contribution in [-0.4, -0.2) is 42.3 Å². The molecular weight excluding hydrogens is 298 g/mol. The number of amides is 1. The van der Waals surface area contributed by atoms with Crippen molar-refractivity contribution in [3.63, 3.8) is 0 Å². The lowest BCUT2D eigenvalue weighted by atomic mass is 10.1. The molecular formula is C17H23NO5. The molecule has 0 aliphatic carbocycles. The Balaban J connectivity index is 1.59. The normalized spacial score (nSPS) is 21.8. The van der Waals surface area contributed by atoms with E-state index >= 15 is 0 Å². The van der Waals surface area contributed by atoms with Crippen molar-refractivity contribution in [1.82, 2.24) is 5.32 Å². The van der Waals surface area contributed by atoms with Gasteiger partial charge in [-0.05, 0) is 31.7 Å². The third-order valence-electron chi connectivity index (χ3n) is 3.84. The van der Waals surface area contributed by atoms with Gasteiger partial charge in [0.25, 0.3) is 0 Å². The summed E-state index contributed by atoms with van der Waals surface area (Å²) in [4.78, 5) is 22.6. The molecule has 1 unspecified atom stereocenters. The van der Waals surface area contributed by atoms with Gasteiger partial charge < -0.3 is 19.9 Å². The van der Waals surface area contributed by atoms with Crippen LogP contribution in [0, 0.1) is 0 Å². The largest absolute Gasteiger partial charge is 0.479 e. The van der Waals surface area contributed by atoms with Gasteiger partial charge in [-0.25, -0.2) is 4.79 Å². The molecule has 3 atom stereocenters. The van der Waals surface area contributed by atoms with Gasteiger partial charge in [0, 0.05) is 13.2 Å². The third-order valence-corrected chi connectivity index (χ3v) is 3.84. The lowest BCUT2D eigenvalue weighted by Gasteiger charge is -2.14. The zero-order valence-electron chi connectivity index (χ0n) is 13.2. The Kier molecular flexibility index (Phi) is 6.55. The van der Waals surface area contributed by atoms with Crippen LogP contribution in [0.1, 0.15) is 37.9 Å². The van der Waals surface area contributed by atoms with Crippen molar-refractivity contribution in [2.45, 2.75) is 44.5 Å². The molecule has 0 saturated carbocycles. The van der Waals surface area contributed by atoms with E-state index in [1.54, 1.807) is 0 Å². The first-order valence-corrected chi connectivity index (χ1v) is 7.90. The molecule has 1 aromatic rings. The fourth-order valence-corrected chi connectivity index (χ4v) is 2.49. The first-order chi connectivity index (χ1) is 11.1. The first kappa shape index (κ1) is 17.4. The molecule has 6 heteroatoms. The van der Waals surface area contributed by atoms with Crippen molar-refractivity contribution < 1.29 is 24.2 Å². The second-order valence-electron chi connectivity index (χ2n) is 5.60. The van der Waals surface area contributed by atoms with Crippen LogP contribution in [0.3, 0.4) is 0 Å². The average molecular weight is 321 g/mol. The van der Waals surface area contributed by atoms with Gasteiger partial charge in [0.2, 0.25) is 5.91 Å². The molecule has 1 heterocycles. The summed E-state index contributed by atoms with van der Waals surface area (Å²) in [6, 6.07) is 9.94. The van der Waals surface area contributed by atoms with E-state index in [9.17, 15) is 9.59 Å². The Morgan fingerprint density at radius 3 is 2.65 bits per heavy atom. The van der Waals surface area contributed by atoms with Gasteiger partial charge in [-0.15, -0.1) is 0 Å². The van der Waals surface area contributed by atoms with Gasteiger partial charge in [-0.2, -0.15) is 0 Å². The Bertz CT molecular complexity index is 519. The molecule has 0 bridgehead atoms. The molecule has 1 aliphatic rings. The summed E-state index contributed by atoms with van der Waals surface area (Å²) < 4.78 is 10.9. The molecule has 0 radical (unpaired) electrons. The minimum Gasteiger partial charge on any atom is -0.479 e. The minimum atomic E-state index is -1.01. The highest BCUT2D eigenvalue weighted by atomic mass is 16.5. The summed E-state index contributed by atoms with van der Waals surface area (Å²) in [5.41, 5.74) is 1.12. The molecule has 0 aromatic heterocycles. The molecule has 6 nitrogen and oxygen atoms in total. The van der Waals surface area contributed by atoms with Crippen LogP contribution < -0.4 is 5.32 Å². The number of carbonyl (C=O) groups is 2. The highest BCUT2D eigenvalue weighted by Gasteiger charge is 2.34. The number of aliphatic carboxylic acids is 1. The quantitative estimate of drug-likeness (QED) is 0.714. The molecule has 0 spiro atoms. The van der Waals surface area contributed by atoms with Gasteiger partial charge in [-0.1, -0.05) is 30.3 Å². The fourth-order valence-electron chi connectivity index (χ4n) is 2.49. The van der Waals surface area contributed by atoms with Gasteiger partial charge in [0.15, 0.2) is 6.10 Å². The van der Waals surface area contributed by atoms with Crippen LogP contribution in [0.5, 0.6) is 0 Å². The van der Waals surface area contributed by atoms with E-state index < -0.39 is 18.2 Å². The Hall–Kier alpha value is -1.92. The van der Waals surface area contributed by atoms with Crippen molar-refractivity contribution in [3.8, 4) is 0 Å². The lowest BCUT2D eigenvalue weighted by Crippen LogP contribution is -2.36. The van der Waals surface area contributed by atoms with E-state index in [-0.39, 0.29) is 12.0 Å². The minimum absolute atomic E-state index is 0.0152. The zero-order chi connectivity index (χ0) is 16.7. The molecule has 2 rings (SSSR count). The SMILES string of the molecule is CC(OCCCNC(=O)[C@@H]1CC[C@H](C(=O)O)O1)c1ccccc1. The van der Waals surface area contributed by atoms with Crippen LogP contribution in [0.25, 0.3) is 0 Å². The highest BCUT2D eigenvalue weighted by Crippen LogP contribution is 2.20. The van der Waals surface area contributed by atoms with Crippen LogP contribution in [0.4, 0.5) is 0 Å². The molecule has 1 fully saturated rings. The van der Waals surface area contributed by atoms with E-state index in [1.807, 2.05) is 37.3 Å². The van der Waals surface area contributed by atoms with Gasteiger partial charge in [-0.3, -0.25) is 4.79 Å².